The van der Waals surface area contributed by atoms with Gasteiger partial charge in [-0.25, -0.2) is 0 Å². The lowest BCUT2D eigenvalue weighted by atomic mass is 9.76. The second-order valence-corrected chi connectivity index (χ2v) is 16.9. The topological polar surface area (TPSA) is 98.0 Å². The normalized spacial score (nSPS) is 13.9. The second-order valence-electron chi connectivity index (χ2n) is 15.2. The third kappa shape index (κ3) is 8.34. The van der Waals surface area contributed by atoms with Gasteiger partial charge in [0.2, 0.25) is 0 Å². The fourth-order valence-electron chi connectivity index (χ4n) is 5.12. The van der Waals surface area contributed by atoms with Gasteiger partial charge in [-0.15, -0.1) is 0 Å². The minimum atomic E-state index is -4.29. The van der Waals surface area contributed by atoms with Crippen LogP contribution in [0.2, 0.25) is 0 Å². The van der Waals surface area contributed by atoms with E-state index in [1.807, 2.05) is 24.3 Å². The second kappa shape index (κ2) is 10.6. The molecule has 0 spiro atoms. The van der Waals surface area contributed by atoms with E-state index in [1.54, 1.807) is 0 Å². The van der Waals surface area contributed by atoms with Crippen molar-refractivity contribution >= 4 is 7.60 Å². The average molecular weight is 547 g/mol. The van der Waals surface area contributed by atoms with Gasteiger partial charge in [0.1, 0.15) is 11.5 Å². The Bertz CT molecular complexity index is 1040. The van der Waals surface area contributed by atoms with Crippen LogP contribution in [0.25, 0.3) is 0 Å². The summed E-state index contributed by atoms with van der Waals surface area (Å²) in [5.74, 6) is 0.262. The molecule has 0 aliphatic carbocycles. The van der Waals surface area contributed by atoms with Gasteiger partial charge in [0.05, 0.1) is 6.16 Å². The highest BCUT2D eigenvalue weighted by atomic mass is 31.2. The molecule has 38 heavy (non-hydrogen) atoms. The van der Waals surface area contributed by atoms with E-state index in [-0.39, 0.29) is 33.7 Å². The zero-order valence-corrected chi connectivity index (χ0v) is 26.5. The molecule has 0 bridgehead atoms. The highest BCUT2D eigenvalue weighted by Gasteiger charge is 2.30. The van der Waals surface area contributed by atoms with Crippen LogP contribution < -0.4 is 0 Å². The van der Waals surface area contributed by atoms with Crippen molar-refractivity contribution in [3.8, 4) is 11.5 Å². The van der Waals surface area contributed by atoms with Crippen molar-refractivity contribution in [2.24, 2.45) is 5.92 Å². The molecule has 2 aromatic rings. The summed E-state index contributed by atoms with van der Waals surface area (Å²) >= 11 is 0. The first kappa shape index (κ1) is 32.4. The molecule has 214 valence electrons. The molecule has 2 aromatic carbocycles. The lowest BCUT2D eigenvalue weighted by molar-refractivity contribution is 0.359. The van der Waals surface area contributed by atoms with Gasteiger partial charge in [0.25, 0.3) is 0 Å². The molecule has 0 saturated carbocycles. The van der Waals surface area contributed by atoms with Crippen LogP contribution in [0.3, 0.4) is 0 Å². The minimum Gasteiger partial charge on any atom is -0.507 e. The van der Waals surface area contributed by atoms with Crippen molar-refractivity contribution in [1.82, 2.24) is 0 Å². The monoisotopic (exact) mass is 546 g/mol. The molecule has 0 atom stereocenters. The smallest absolute Gasteiger partial charge is 0.325 e. The summed E-state index contributed by atoms with van der Waals surface area (Å²) in [7, 11) is -4.29. The fraction of sp³-hybridized carbons (Fsp3) is 0.625. The van der Waals surface area contributed by atoms with Crippen molar-refractivity contribution in [2.75, 3.05) is 6.16 Å². The number of rotatable bonds is 6. The largest absolute Gasteiger partial charge is 0.507 e. The first-order chi connectivity index (χ1) is 16.8. The van der Waals surface area contributed by atoms with Crippen molar-refractivity contribution in [1.29, 1.82) is 0 Å². The van der Waals surface area contributed by atoms with E-state index in [9.17, 15) is 24.6 Å². The highest BCUT2D eigenvalue weighted by molar-refractivity contribution is 7.51. The minimum absolute atomic E-state index is 0.236. The zero-order chi connectivity index (χ0) is 29.6. The molecule has 5 nitrogen and oxygen atoms in total. The Kier molecular flexibility index (Phi) is 9.07. The number of aromatic hydroxyl groups is 2. The molecule has 0 radical (unpaired) electrons. The Labute approximate surface area is 230 Å². The third-order valence-electron chi connectivity index (χ3n) is 7.12. The molecular weight excluding hydrogens is 495 g/mol. The van der Waals surface area contributed by atoms with E-state index in [0.29, 0.717) is 24.3 Å². The van der Waals surface area contributed by atoms with E-state index < -0.39 is 7.60 Å². The van der Waals surface area contributed by atoms with Gasteiger partial charge < -0.3 is 20.0 Å². The van der Waals surface area contributed by atoms with E-state index in [0.717, 1.165) is 33.4 Å². The van der Waals surface area contributed by atoms with E-state index in [4.69, 9.17) is 0 Å². The standard InChI is InChI=1S/C32H51O5P/c1-29(2,3)23-15-20(16-24(27(23)33)30(4,5)6)13-22(19-38(35,36)37)14-21-17-25(31(7,8)9)28(34)26(18-21)32(10,11)12/h15-18,22,33-34H,13-14,19H2,1-12H3,(H2,35,36,37). The Hall–Kier alpha value is -1.81. The molecular formula is C32H51O5P. The quantitative estimate of drug-likeness (QED) is 0.276. The first-order valence-corrected chi connectivity index (χ1v) is 15.4. The molecule has 4 N–H and O–H groups in total. The number of phenols is 2. The Morgan fingerprint density at radius 2 is 0.816 bits per heavy atom. The van der Waals surface area contributed by atoms with Crippen LogP contribution in [0.1, 0.15) is 116 Å². The van der Waals surface area contributed by atoms with Crippen LogP contribution in [0.15, 0.2) is 24.3 Å². The van der Waals surface area contributed by atoms with Crippen LogP contribution >= 0.6 is 7.60 Å². The summed E-state index contributed by atoms with van der Waals surface area (Å²) < 4.78 is 12.2. The molecule has 0 unspecified atom stereocenters. The third-order valence-corrected chi connectivity index (χ3v) is 8.11. The number of phenolic OH excluding ortho intramolecular Hbond substituents is 2. The summed E-state index contributed by atoms with van der Waals surface area (Å²) in [6.45, 7) is 24.7. The van der Waals surface area contributed by atoms with Gasteiger partial charge in [0, 0.05) is 0 Å². The van der Waals surface area contributed by atoms with Crippen molar-refractivity contribution < 1.29 is 24.6 Å². The number of hydrogen-bond acceptors (Lipinski definition) is 3. The summed E-state index contributed by atoms with van der Waals surface area (Å²) in [5, 5.41) is 22.3. The van der Waals surface area contributed by atoms with Crippen molar-refractivity contribution in [3.63, 3.8) is 0 Å². The Morgan fingerprint density at radius 3 is 1.00 bits per heavy atom. The summed E-state index contributed by atoms with van der Waals surface area (Å²) in [6, 6.07) is 7.98. The van der Waals surface area contributed by atoms with E-state index in [2.05, 4.69) is 83.1 Å². The van der Waals surface area contributed by atoms with Crippen LogP contribution in [0.4, 0.5) is 0 Å². The average Bonchev–Trinajstić information content (AvgIpc) is 2.65. The van der Waals surface area contributed by atoms with Gasteiger partial charge in [-0.1, -0.05) is 107 Å². The van der Waals surface area contributed by atoms with E-state index >= 15 is 0 Å². The van der Waals surface area contributed by atoms with Crippen LogP contribution in [-0.4, -0.2) is 26.2 Å². The molecule has 0 amide bonds. The number of benzene rings is 2. The van der Waals surface area contributed by atoms with Crippen molar-refractivity contribution in [3.05, 3.63) is 57.6 Å². The van der Waals surface area contributed by atoms with Crippen molar-refractivity contribution in [2.45, 2.75) is 118 Å². The predicted molar refractivity (Wildman–Crippen MR) is 159 cm³/mol. The highest BCUT2D eigenvalue weighted by Crippen LogP contribution is 2.44. The van der Waals surface area contributed by atoms with Gasteiger partial charge in [-0.2, -0.15) is 0 Å². The van der Waals surface area contributed by atoms with Gasteiger partial charge >= 0.3 is 7.60 Å². The maximum absolute atomic E-state index is 12.2. The summed E-state index contributed by atoms with van der Waals surface area (Å²) in [6.07, 6.45) is 0.697. The SMILES string of the molecule is CC(C)(C)c1cc(CC(Cc2cc(C(C)(C)C)c(O)c(C(C)(C)C)c2)CP(=O)(O)O)cc(C(C)(C)C)c1O. The summed E-state index contributed by atoms with van der Waals surface area (Å²) in [5.41, 5.74) is 4.10. The summed E-state index contributed by atoms with van der Waals surface area (Å²) in [4.78, 5) is 20.0. The van der Waals surface area contributed by atoms with Crippen LogP contribution in [-0.2, 0) is 39.1 Å². The molecule has 0 saturated heterocycles. The fourth-order valence-corrected chi connectivity index (χ4v) is 6.05. The van der Waals surface area contributed by atoms with Crippen LogP contribution in [0, 0.1) is 5.92 Å². The Balaban J connectivity index is 2.67. The maximum atomic E-state index is 12.2. The molecule has 0 aromatic heterocycles. The zero-order valence-electron chi connectivity index (χ0n) is 25.7. The molecule has 0 fully saturated rings. The van der Waals surface area contributed by atoms with Crippen LogP contribution in [0.5, 0.6) is 11.5 Å². The van der Waals surface area contributed by atoms with Gasteiger partial charge in [-0.3, -0.25) is 4.57 Å². The lowest BCUT2D eigenvalue weighted by Crippen LogP contribution is -2.21. The number of hydrogen-bond donors (Lipinski definition) is 4. The molecule has 0 aliphatic rings. The molecule has 2 rings (SSSR count). The molecule has 0 heterocycles. The molecule has 0 aliphatic heterocycles. The Morgan fingerprint density at radius 1 is 0.579 bits per heavy atom. The van der Waals surface area contributed by atoms with E-state index in [1.165, 1.54) is 0 Å². The lowest BCUT2D eigenvalue weighted by Gasteiger charge is -2.30. The maximum Gasteiger partial charge on any atom is 0.325 e. The predicted octanol–water partition coefficient (Wildman–Crippen LogP) is 7.87. The molecule has 6 heteroatoms. The van der Waals surface area contributed by atoms with Gasteiger partial charge in [-0.05, 0) is 73.8 Å². The van der Waals surface area contributed by atoms with Gasteiger partial charge in [0.15, 0.2) is 0 Å². The first-order valence-electron chi connectivity index (χ1n) is 13.6.